The number of hydroxylamine groups is 1. The second-order valence-corrected chi connectivity index (χ2v) is 4.32. The van der Waals surface area contributed by atoms with E-state index < -0.39 is 0 Å². The quantitative estimate of drug-likeness (QED) is 0.338. The van der Waals surface area contributed by atoms with Crippen molar-refractivity contribution in [1.29, 1.82) is 0 Å². The lowest BCUT2D eigenvalue weighted by Gasteiger charge is -2.01. The van der Waals surface area contributed by atoms with Crippen molar-refractivity contribution in [1.82, 2.24) is 5.48 Å². The molecule has 0 atom stereocenters. The van der Waals surface area contributed by atoms with E-state index in [-0.39, 0.29) is 5.91 Å². The van der Waals surface area contributed by atoms with E-state index in [0.29, 0.717) is 6.42 Å². The number of unbranched alkanes of at least 4 members (excludes halogenated alkanes) is 1. The van der Waals surface area contributed by atoms with Crippen LogP contribution in [0.5, 0.6) is 0 Å². The summed E-state index contributed by atoms with van der Waals surface area (Å²) in [5, 5.41) is 8.26. The maximum absolute atomic E-state index is 10.7. The molecule has 1 amide bonds. The van der Waals surface area contributed by atoms with Crippen LogP contribution in [0.1, 0.15) is 19.3 Å². The number of hydrogen-bond acceptors (Lipinski definition) is 3. The van der Waals surface area contributed by atoms with Crippen molar-refractivity contribution in [2.75, 3.05) is 5.75 Å². The van der Waals surface area contributed by atoms with Crippen LogP contribution >= 0.6 is 11.8 Å². The van der Waals surface area contributed by atoms with Gasteiger partial charge in [0.25, 0.3) is 0 Å². The summed E-state index contributed by atoms with van der Waals surface area (Å²) in [6.07, 6.45) is 2.19. The third-order valence-corrected chi connectivity index (χ3v) is 3.03. The summed E-state index contributed by atoms with van der Waals surface area (Å²) < 4.78 is 0. The molecule has 1 rings (SSSR count). The molecule has 0 fully saturated rings. The molecule has 0 radical (unpaired) electrons. The van der Waals surface area contributed by atoms with E-state index in [9.17, 15) is 4.79 Å². The maximum Gasteiger partial charge on any atom is 0.243 e. The van der Waals surface area contributed by atoms with Crippen molar-refractivity contribution >= 4 is 17.7 Å². The standard InChI is InChI=1S/C11H15NO2S/c13-11(12-14)8-4-5-9-15-10-6-2-1-3-7-10/h1-3,6-7,14H,4-5,8-9H2,(H,12,13). The first-order valence-electron chi connectivity index (χ1n) is 4.93. The average Bonchev–Trinajstić information content (AvgIpc) is 2.29. The molecule has 0 heterocycles. The number of rotatable bonds is 6. The van der Waals surface area contributed by atoms with E-state index in [1.165, 1.54) is 4.90 Å². The lowest BCUT2D eigenvalue weighted by Crippen LogP contribution is -2.17. The summed E-state index contributed by atoms with van der Waals surface area (Å²) >= 11 is 1.79. The van der Waals surface area contributed by atoms with Gasteiger partial charge in [0.15, 0.2) is 0 Å². The largest absolute Gasteiger partial charge is 0.289 e. The van der Waals surface area contributed by atoms with Gasteiger partial charge in [-0.2, -0.15) is 0 Å². The Labute approximate surface area is 93.8 Å². The first-order chi connectivity index (χ1) is 7.33. The number of thioether (sulfide) groups is 1. The Kier molecular flexibility index (Phi) is 5.88. The van der Waals surface area contributed by atoms with Crippen LogP contribution in [0.25, 0.3) is 0 Å². The SMILES string of the molecule is O=C(CCCCSc1ccccc1)NO. The third kappa shape index (κ3) is 5.44. The fraction of sp³-hybridized carbons (Fsp3) is 0.364. The van der Waals surface area contributed by atoms with Crippen molar-refractivity contribution in [3.05, 3.63) is 30.3 Å². The van der Waals surface area contributed by atoms with Crippen LogP contribution in [-0.4, -0.2) is 16.9 Å². The van der Waals surface area contributed by atoms with Crippen LogP contribution < -0.4 is 5.48 Å². The Bertz CT molecular complexity index is 290. The van der Waals surface area contributed by atoms with Crippen LogP contribution in [0, 0.1) is 0 Å². The van der Waals surface area contributed by atoms with Crippen LogP contribution in [0.15, 0.2) is 35.2 Å². The van der Waals surface area contributed by atoms with Crippen molar-refractivity contribution in [3.8, 4) is 0 Å². The molecule has 0 saturated carbocycles. The summed E-state index contributed by atoms with van der Waals surface area (Å²) in [5.74, 6) is 0.697. The summed E-state index contributed by atoms with van der Waals surface area (Å²) in [4.78, 5) is 11.9. The lowest BCUT2D eigenvalue weighted by molar-refractivity contribution is -0.129. The molecule has 0 spiro atoms. The highest BCUT2D eigenvalue weighted by molar-refractivity contribution is 7.99. The fourth-order valence-electron chi connectivity index (χ4n) is 1.15. The lowest BCUT2D eigenvalue weighted by atomic mass is 10.2. The Hall–Kier alpha value is -1.00. The van der Waals surface area contributed by atoms with E-state index in [2.05, 4.69) is 12.1 Å². The molecule has 15 heavy (non-hydrogen) atoms. The van der Waals surface area contributed by atoms with Crippen LogP contribution in [0.2, 0.25) is 0 Å². The monoisotopic (exact) mass is 225 g/mol. The molecule has 0 saturated heterocycles. The average molecular weight is 225 g/mol. The fourth-order valence-corrected chi connectivity index (χ4v) is 2.08. The van der Waals surface area contributed by atoms with Crippen LogP contribution in [0.3, 0.4) is 0 Å². The van der Waals surface area contributed by atoms with Gasteiger partial charge in [-0.3, -0.25) is 10.0 Å². The van der Waals surface area contributed by atoms with Gasteiger partial charge < -0.3 is 0 Å². The van der Waals surface area contributed by atoms with E-state index in [1.807, 2.05) is 18.2 Å². The zero-order chi connectivity index (χ0) is 10.9. The summed E-state index contributed by atoms with van der Waals surface area (Å²) in [6, 6.07) is 10.2. The number of carbonyl (C=O) groups is 1. The molecule has 0 aliphatic heterocycles. The zero-order valence-corrected chi connectivity index (χ0v) is 9.30. The van der Waals surface area contributed by atoms with Gasteiger partial charge in [-0.15, -0.1) is 11.8 Å². The van der Waals surface area contributed by atoms with Gasteiger partial charge in [-0.25, -0.2) is 5.48 Å². The molecule has 0 bridgehead atoms. The topological polar surface area (TPSA) is 49.3 Å². The molecule has 2 N–H and O–H groups in total. The van der Waals surface area contributed by atoms with Crippen LogP contribution in [0.4, 0.5) is 0 Å². The molecule has 0 aromatic heterocycles. The molecule has 4 heteroatoms. The minimum absolute atomic E-state index is 0.306. The van der Waals surface area contributed by atoms with Gasteiger partial charge in [0.2, 0.25) is 5.91 Å². The van der Waals surface area contributed by atoms with Gasteiger partial charge in [0, 0.05) is 11.3 Å². The van der Waals surface area contributed by atoms with E-state index in [4.69, 9.17) is 5.21 Å². The maximum atomic E-state index is 10.7. The first kappa shape index (κ1) is 12.1. The molecule has 1 aromatic rings. The van der Waals surface area contributed by atoms with Crippen LogP contribution in [-0.2, 0) is 4.79 Å². The van der Waals surface area contributed by atoms with E-state index in [0.717, 1.165) is 18.6 Å². The summed E-state index contributed by atoms with van der Waals surface area (Å²) in [7, 11) is 0. The Morgan fingerprint density at radius 1 is 1.27 bits per heavy atom. The van der Waals surface area contributed by atoms with Crippen molar-refractivity contribution < 1.29 is 10.0 Å². The van der Waals surface area contributed by atoms with Crippen molar-refractivity contribution in [2.45, 2.75) is 24.2 Å². The van der Waals surface area contributed by atoms with Gasteiger partial charge >= 0.3 is 0 Å². The molecule has 0 aliphatic carbocycles. The van der Waals surface area contributed by atoms with Crippen molar-refractivity contribution in [3.63, 3.8) is 0 Å². The van der Waals surface area contributed by atoms with Crippen molar-refractivity contribution in [2.24, 2.45) is 0 Å². The van der Waals surface area contributed by atoms with Gasteiger partial charge in [-0.05, 0) is 30.7 Å². The van der Waals surface area contributed by atoms with Gasteiger partial charge in [0.1, 0.15) is 0 Å². The Morgan fingerprint density at radius 3 is 2.67 bits per heavy atom. The third-order valence-electron chi connectivity index (χ3n) is 1.93. The van der Waals surface area contributed by atoms with Gasteiger partial charge in [-0.1, -0.05) is 18.2 Å². The Balaban J connectivity index is 2.05. The second-order valence-electron chi connectivity index (χ2n) is 3.15. The minimum atomic E-state index is -0.306. The summed E-state index contributed by atoms with van der Waals surface area (Å²) in [6.45, 7) is 0. The Morgan fingerprint density at radius 2 is 2.00 bits per heavy atom. The molecule has 0 unspecified atom stereocenters. The second kappa shape index (κ2) is 7.31. The molecular formula is C11H15NO2S. The first-order valence-corrected chi connectivity index (χ1v) is 5.92. The molecule has 0 aliphatic rings. The number of nitrogens with one attached hydrogen (secondary N) is 1. The minimum Gasteiger partial charge on any atom is -0.289 e. The number of hydrogen-bond donors (Lipinski definition) is 2. The predicted molar refractivity (Wildman–Crippen MR) is 60.9 cm³/mol. The van der Waals surface area contributed by atoms with E-state index in [1.54, 1.807) is 17.2 Å². The molecule has 3 nitrogen and oxygen atoms in total. The van der Waals surface area contributed by atoms with Gasteiger partial charge in [0.05, 0.1) is 0 Å². The number of benzene rings is 1. The zero-order valence-electron chi connectivity index (χ0n) is 8.48. The predicted octanol–water partition coefficient (Wildman–Crippen LogP) is 2.45. The van der Waals surface area contributed by atoms with E-state index >= 15 is 0 Å². The highest BCUT2D eigenvalue weighted by Gasteiger charge is 1.98. The summed E-state index contributed by atoms with van der Waals surface area (Å²) in [5.41, 5.74) is 1.63. The highest BCUT2D eigenvalue weighted by atomic mass is 32.2. The normalized spacial score (nSPS) is 9.93. The molecule has 1 aromatic carbocycles. The smallest absolute Gasteiger partial charge is 0.243 e. The number of carbonyl (C=O) groups excluding carboxylic acids is 1. The highest BCUT2D eigenvalue weighted by Crippen LogP contribution is 2.18. The number of amides is 1. The molecular weight excluding hydrogens is 210 g/mol. The molecule has 82 valence electrons.